The predicted octanol–water partition coefficient (Wildman–Crippen LogP) is 3.37. The highest BCUT2D eigenvalue weighted by Crippen LogP contribution is 2.23. The number of nitrogens with one attached hydrogen (secondary N) is 1. The Morgan fingerprint density at radius 2 is 2.19 bits per heavy atom. The van der Waals surface area contributed by atoms with Crippen molar-refractivity contribution >= 4 is 17.2 Å². The van der Waals surface area contributed by atoms with E-state index in [1.54, 1.807) is 0 Å². The Bertz CT molecular complexity index is 353. The van der Waals surface area contributed by atoms with E-state index >= 15 is 0 Å². The molecule has 1 amide bonds. The summed E-state index contributed by atoms with van der Waals surface area (Å²) in [5.74, 6) is 0.816. The first-order valence-electron chi connectivity index (χ1n) is 6.09. The highest BCUT2D eigenvalue weighted by Gasteiger charge is 2.16. The Morgan fingerprint density at radius 1 is 1.44 bits per heavy atom. The molecule has 1 heterocycles. The lowest BCUT2D eigenvalue weighted by Gasteiger charge is -2.21. The molecule has 0 spiro atoms. The molecule has 1 N–H and O–H groups in total. The van der Waals surface area contributed by atoms with Crippen molar-refractivity contribution in [1.82, 2.24) is 5.32 Å². The fourth-order valence-electron chi connectivity index (χ4n) is 2.31. The van der Waals surface area contributed by atoms with E-state index in [4.69, 9.17) is 0 Å². The quantitative estimate of drug-likeness (QED) is 0.858. The molecule has 1 aliphatic carbocycles. The van der Waals surface area contributed by atoms with Gasteiger partial charge in [0, 0.05) is 6.54 Å². The van der Waals surface area contributed by atoms with Gasteiger partial charge in [-0.2, -0.15) is 0 Å². The second-order valence-corrected chi connectivity index (χ2v) is 5.56. The first kappa shape index (κ1) is 11.6. The predicted molar refractivity (Wildman–Crippen MR) is 68.0 cm³/mol. The van der Waals surface area contributed by atoms with Gasteiger partial charge in [-0.1, -0.05) is 19.3 Å². The summed E-state index contributed by atoms with van der Waals surface area (Å²) in [7, 11) is 0. The van der Waals surface area contributed by atoms with Crippen LogP contribution in [0, 0.1) is 12.8 Å². The number of amides is 1. The van der Waals surface area contributed by atoms with E-state index in [1.165, 1.54) is 43.4 Å². The van der Waals surface area contributed by atoms with Crippen LogP contribution in [0.2, 0.25) is 0 Å². The van der Waals surface area contributed by atoms with E-state index in [-0.39, 0.29) is 5.91 Å². The molecular weight excluding hydrogens is 218 g/mol. The number of thiophene rings is 1. The monoisotopic (exact) mass is 237 g/mol. The number of hydrogen-bond donors (Lipinski definition) is 1. The van der Waals surface area contributed by atoms with Crippen molar-refractivity contribution in [1.29, 1.82) is 0 Å². The first-order valence-corrected chi connectivity index (χ1v) is 6.97. The Morgan fingerprint density at radius 3 is 2.81 bits per heavy atom. The van der Waals surface area contributed by atoms with Crippen molar-refractivity contribution in [2.45, 2.75) is 39.0 Å². The smallest absolute Gasteiger partial charge is 0.261 e. The number of rotatable bonds is 3. The maximum absolute atomic E-state index is 11.9. The van der Waals surface area contributed by atoms with Crippen LogP contribution in [0.15, 0.2) is 11.4 Å². The zero-order chi connectivity index (χ0) is 11.4. The van der Waals surface area contributed by atoms with Crippen LogP contribution in [0.1, 0.15) is 47.3 Å². The lowest BCUT2D eigenvalue weighted by Crippen LogP contribution is -2.30. The molecule has 3 heteroatoms. The molecule has 0 radical (unpaired) electrons. The zero-order valence-electron chi connectivity index (χ0n) is 9.79. The van der Waals surface area contributed by atoms with Crippen LogP contribution in [0.4, 0.5) is 0 Å². The minimum atomic E-state index is 0.109. The van der Waals surface area contributed by atoms with Crippen LogP contribution in [-0.2, 0) is 0 Å². The standard InChI is InChI=1S/C13H19NOS/c1-10-7-8-16-12(10)13(15)14-9-11-5-3-2-4-6-11/h7-8,11H,2-6,9H2,1H3,(H,14,15). The van der Waals surface area contributed by atoms with Crippen LogP contribution < -0.4 is 5.32 Å². The third kappa shape index (κ3) is 2.85. The fourth-order valence-corrected chi connectivity index (χ4v) is 3.16. The molecule has 2 rings (SSSR count). The average molecular weight is 237 g/mol. The van der Waals surface area contributed by atoms with Gasteiger partial charge < -0.3 is 5.32 Å². The number of carbonyl (C=O) groups is 1. The molecule has 0 unspecified atom stereocenters. The van der Waals surface area contributed by atoms with Crippen LogP contribution in [0.5, 0.6) is 0 Å². The molecule has 1 saturated carbocycles. The van der Waals surface area contributed by atoms with E-state index in [1.807, 2.05) is 18.4 Å². The van der Waals surface area contributed by atoms with Crippen LogP contribution in [-0.4, -0.2) is 12.5 Å². The van der Waals surface area contributed by atoms with Crippen molar-refractivity contribution in [3.63, 3.8) is 0 Å². The Hall–Kier alpha value is -0.830. The fraction of sp³-hybridized carbons (Fsp3) is 0.615. The summed E-state index contributed by atoms with van der Waals surface area (Å²) in [6.45, 7) is 2.85. The van der Waals surface area contributed by atoms with Gasteiger partial charge in [-0.3, -0.25) is 4.79 Å². The number of carbonyl (C=O) groups excluding carboxylic acids is 1. The highest BCUT2D eigenvalue weighted by atomic mass is 32.1. The molecule has 0 aliphatic heterocycles. The minimum Gasteiger partial charge on any atom is -0.351 e. The average Bonchev–Trinajstić information content (AvgIpc) is 2.74. The lowest BCUT2D eigenvalue weighted by atomic mass is 9.89. The van der Waals surface area contributed by atoms with Crippen molar-refractivity contribution in [3.8, 4) is 0 Å². The summed E-state index contributed by atoms with van der Waals surface area (Å²) in [6.07, 6.45) is 6.60. The summed E-state index contributed by atoms with van der Waals surface area (Å²) < 4.78 is 0. The van der Waals surface area contributed by atoms with Gasteiger partial charge >= 0.3 is 0 Å². The Balaban J connectivity index is 1.81. The first-order chi connectivity index (χ1) is 7.77. The van der Waals surface area contributed by atoms with Crippen LogP contribution in [0.25, 0.3) is 0 Å². The van der Waals surface area contributed by atoms with Gasteiger partial charge in [0.1, 0.15) is 0 Å². The largest absolute Gasteiger partial charge is 0.351 e. The van der Waals surface area contributed by atoms with Gasteiger partial charge in [0.2, 0.25) is 0 Å². The van der Waals surface area contributed by atoms with Crippen molar-refractivity contribution in [2.75, 3.05) is 6.54 Å². The molecule has 1 aromatic rings. The van der Waals surface area contributed by atoms with E-state index in [0.29, 0.717) is 5.92 Å². The molecule has 2 nitrogen and oxygen atoms in total. The summed E-state index contributed by atoms with van der Waals surface area (Å²) in [5, 5.41) is 5.04. The van der Waals surface area contributed by atoms with Crippen LogP contribution in [0.3, 0.4) is 0 Å². The van der Waals surface area contributed by atoms with Gasteiger partial charge in [-0.05, 0) is 42.7 Å². The van der Waals surface area contributed by atoms with Crippen molar-refractivity contribution < 1.29 is 4.79 Å². The van der Waals surface area contributed by atoms with Gasteiger partial charge in [0.25, 0.3) is 5.91 Å². The van der Waals surface area contributed by atoms with Crippen LogP contribution >= 0.6 is 11.3 Å². The number of hydrogen-bond acceptors (Lipinski definition) is 2. The molecule has 1 aliphatic rings. The molecule has 0 saturated heterocycles. The molecule has 0 aromatic carbocycles. The van der Waals surface area contributed by atoms with Gasteiger partial charge in [-0.25, -0.2) is 0 Å². The molecule has 0 bridgehead atoms. The third-order valence-corrected chi connectivity index (χ3v) is 4.36. The summed E-state index contributed by atoms with van der Waals surface area (Å²) in [6, 6.07) is 2.00. The highest BCUT2D eigenvalue weighted by molar-refractivity contribution is 7.12. The zero-order valence-corrected chi connectivity index (χ0v) is 10.6. The number of aryl methyl sites for hydroxylation is 1. The van der Waals surface area contributed by atoms with Gasteiger partial charge in [-0.15, -0.1) is 11.3 Å². The molecule has 16 heavy (non-hydrogen) atoms. The van der Waals surface area contributed by atoms with E-state index in [0.717, 1.165) is 17.0 Å². The second kappa shape index (κ2) is 5.48. The molecular formula is C13H19NOS. The third-order valence-electron chi connectivity index (χ3n) is 3.34. The Labute approximate surface area is 101 Å². The minimum absolute atomic E-state index is 0.109. The van der Waals surface area contributed by atoms with Crippen molar-refractivity contribution in [3.05, 3.63) is 21.9 Å². The Kier molecular flexibility index (Phi) is 3.99. The maximum atomic E-state index is 11.9. The topological polar surface area (TPSA) is 29.1 Å². The maximum Gasteiger partial charge on any atom is 0.261 e. The second-order valence-electron chi connectivity index (χ2n) is 4.65. The molecule has 88 valence electrons. The SMILES string of the molecule is Cc1ccsc1C(=O)NCC1CCCCC1. The molecule has 0 atom stereocenters. The summed E-state index contributed by atoms with van der Waals surface area (Å²) in [5.41, 5.74) is 1.09. The summed E-state index contributed by atoms with van der Waals surface area (Å²) in [4.78, 5) is 12.7. The van der Waals surface area contributed by atoms with E-state index < -0.39 is 0 Å². The summed E-state index contributed by atoms with van der Waals surface area (Å²) >= 11 is 1.53. The van der Waals surface area contributed by atoms with E-state index in [2.05, 4.69) is 5.32 Å². The molecule has 1 fully saturated rings. The lowest BCUT2D eigenvalue weighted by molar-refractivity contribution is 0.0947. The van der Waals surface area contributed by atoms with Crippen molar-refractivity contribution in [2.24, 2.45) is 5.92 Å². The normalized spacial score (nSPS) is 17.3. The molecule has 1 aromatic heterocycles. The van der Waals surface area contributed by atoms with Gasteiger partial charge in [0.15, 0.2) is 0 Å². The van der Waals surface area contributed by atoms with Gasteiger partial charge in [0.05, 0.1) is 4.88 Å². The van der Waals surface area contributed by atoms with E-state index in [9.17, 15) is 4.79 Å².